The van der Waals surface area contributed by atoms with Gasteiger partial charge < -0.3 is 10.2 Å². The number of hydrogen-bond acceptors (Lipinski definition) is 3. The van der Waals surface area contributed by atoms with Crippen molar-refractivity contribution in [2.75, 3.05) is 39.0 Å². The van der Waals surface area contributed by atoms with Crippen LogP contribution in [-0.2, 0) is 0 Å². The van der Waals surface area contributed by atoms with E-state index in [2.05, 4.69) is 35.2 Å². The van der Waals surface area contributed by atoms with E-state index in [0.717, 1.165) is 5.92 Å². The summed E-state index contributed by atoms with van der Waals surface area (Å²) in [4.78, 5) is 2.74. The summed E-state index contributed by atoms with van der Waals surface area (Å²) in [6.45, 7) is 8.68. The largest absolute Gasteiger partial charge is 0.316 e. The summed E-state index contributed by atoms with van der Waals surface area (Å²) >= 11 is 2.13. The fourth-order valence-corrected chi connectivity index (χ4v) is 4.57. The fraction of sp³-hybridized carbons (Fsp3) is 1.00. The molecular weight excluding hydrogens is 240 g/mol. The van der Waals surface area contributed by atoms with Gasteiger partial charge in [0, 0.05) is 17.8 Å². The van der Waals surface area contributed by atoms with Crippen molar-refractivity contribution in [2.45, 2.75) is 50.2 Å². The van der Waals surface area contributed by atoms with Crippen LogP contribution in [-0.4, -0.2) is 48.6 Å². The Morgan fingerprint density at radius 3 is 2.78 bits per heavy atom. The third kappa shape index (κ3) is 3.88. The van der Waals surface area contributed by atoms with E-state index >= 15 is 0 Å². The van der Waals surface area contributed by atoms with Gasteiger partial charge in [-0.15, -0.1) is 0 Å². The van der Waals surface area contributed by atoms with Crippen molar-refractivity contribution in [1.29, 1.82) is 0 Å². The zero-order chi connectivity index (χ0) is 12.8. The number of likely N-dealkylation sites (tertiary alicyclic amines) is 1. The van der Waals surface area contributed by atoms with Crippen molar-refractivity contribution in [3.8, 4) is 0 Å². The molecule has 0 aromatic rings. The molecule has 3 heteroatoms. The molecule has 0 aromatic heterocycles. The molecule has 1 saturated heterocycles. The van der Waals surface area contributed by atoms with E-state index in [1.54, 1.807) is 0 Å². The van der Waals surface area contributed by atoms with Gasteiger partial charge in [0.15, 0.2) is 0 Å². The third-order valence-corrected chi connectivity index (χ3v) is 6.09. The maximum atomic E-state index is 3.58. The molecule has 2 rings (SSSR count). The van der Waals surface area contributed by atoms with Crippen LogP contribution in [0.2, 0.25) is 0 Å². The van der Waals surface area contributed by atoms with Crippen molar-refractivity contribution < 1.29 is 0 Å². The lowest BCUT2D eigenvalue weighted by atomic mass is 10.1. The zero-order valence-corrected chi connectivity index (χ0v) is 13.0. The van der Waals surface area contributed by atoms with E-state index in [0.29, 0.717) is 4.75 Å². The minimum Gasteiger partial charge on any atom is -0.316 e. The van der Waals surface area contributed by atoms with Gasteiger partial charge in [-0.2, -0.15) is 11.8 Å². The van der Waals surface area contributed by atoms with Gasteiger partial charge in [-0.1, -0.05) is 19.8 Å². The molecule has 1 N–H and O–H groups in total. The Hall–Kier alpha value is 0.270. The maximum absolute atomic E-state index is 3.58. The predicted molar refractivity (Wildman–Crippen MR) is 82.4 cm³/mol. The standard InChI is InChI=1S/C15H30N2S/c1-3-9-16-11-14-6-10-17(12-14)13-15(18-2)7-4-5-8-15/h14,16H,3-13H2,1-2H3. The highest BCUT2D eigenvalue weighted by Crippen LogP contribution is 2.41. The molecule has 2 fully saturated rings. The predicted octanol–water partition coefficient (Wildman–Crippen LogP) is 2.98. The summed E-state index contributed by atoms with van der Waals surface area (Å²) in [5.74, 6) is 0.900. The van der Waals surface area contributed by atoms with Gasteiger partial charge in [-0.25, -0.2) is 0 Å². The topological polar surface area (TPSA) is 15.3 Å². The Balaban J connectivity index is 1.71. The summed E-state index contributed by atoms with van der Waals surface area (Å²) in [5.41, 5.74) is 0. The zero-order valence-electron chi connectivity index (χ0n) is 12.2. The van der Waals surface area contributed by atoms with Crippen LogP contribution in [0.4, 0.5) is 0 Å². The summed E-state index contributed by atoms with van der Waals surface area (Å²) in [7, 11) is 0. The average Bonchev–Trinajstić information content (AvgIpc) is 3.01. The molecule has 1 heterocycles. The van der Waals surface area contributed by atoms with E-state index < -0.39 is 0 Å². The van der Waals surface area contributed by atoms with Gasteiger partial charge in [0.1, 0.15) is 0 Å². The first-order chi connectivity index (χ1) is 8.78. The van der Waals surface area contributed by atoms with E-state index in [-0.39, 0.29) is 0 Å². The number of rotatable bonds is 7. The molecule has 2 nitrogen and oxygen atoms in total. The van der Waals surface area contributed by atoms with E-state index in [1.807, 2.05) is 0 Å². The summed E-state index contributed by atoms with van der Waals surface area (Å²) in [6, 6.07) is 0. The highest BCUT2D eigenvalue weighted by molar-refractivity contribution is 8.00. The lowest BCUT2D eigenvalue weighted by Crippen LogP contribution is -2.38. The molecule has 1 unspecified atom stereocenters. The molecule has 1 aliphatic heterocycles. The van der Waals surface area contributed by atoms with Crippen molar-refractivity contribution in [3.63, 3.8) is 0 Å². The molecule has 2 aliphatic rings. The molecular formula is C15H30N2S. The summed E-state index contributed by atoms with van der Waals surface area (Å²) < 4.78 is 0.603. The SMILES string of the molecule is CCCNCC1CCN(CC2(SC)CCCC2)C1. The highest BCUT2D eigenvalue weighted by atomic mass is 32.2. The van der Waals surface area contributed by atoms with Gasteiger partial charge in [0.05, 0.1) is 0 Å². The molecule has 1 atom stereocenters. The fourth-order valence-electron chi connectivity index (χ4n) is 3.56. The minimum atomic E-state index is 0.603. The summed E-state index contributed by atoms with van der Waals surface area (Å²) in [5, 5.41) is 3.58. The van der Waals surface area contributed by atoms with Gasteiger partial charge in [0.25, 0.3) is 0 Å². The lowest BCUT2D eigenvalue weighted by Gasteiger charge is -2.32. The van der Waals surface area contributed by atoms with Gasteiger partial charge in [-0.3, -0.25) is 0 Å². The van der Waals surface area contributed by atoms with Gasteiger partial charge in [-0.05, 0) is 57.5 Å². The first kappa shape index (κ1) is 14.7. The van der Waals surface area contributed by atoms with Crippen LogP contribution in [0.1, 0.15) is 45.4 Å². The van der Waals surface area contributed by atoms with Crippen molar-refractivity contribution in [3.05, 3.63) is 0 Å². The van der Waals surface area contributed by atoms with Crippen molar-refractivity contribution in [1.82, 2.24) is 10.2 Å². The lowest BCUT2D eigenvalue weighted by molar-refractivity contribution is 0.286. The minimum absolute atomic E-state index is 0.603. The molecule has 106 valence electrons. The summed E-state index contributed by atoms with van der Waals surface area (Å²) in [6.07, 6.45) is 10.8. The molecule has 0 radical (unpaired) electrons. The van der Waals surface area contributed by atoms with E-state index in [1.165, 1.54) is 71.2 Å². The molecule has 0 amide bonds. The van der Waals surface area contributed by atoms with Crippen LogP contribution in [0.5, 0.6) is 0 Å². The van der Waals surface area contributed by atoms with Gasteiger partial charge >= 0.3 is 0 Å². The van der Waals surface area contributed by atoms with Gasteiger partial charge in [0.2, 0.25) is 0 Å². The average molecular weight is 270 g/mol. The molecule has 18 heavy (non-hydrogen) atoms. The second kappa shape index (κ2) is 7.16. The molecule has 1 saturated carbocycles. The second-order valence-corrected chi connectivity index (χ2v) is 7.46. The number of thioether (sulfide) groups is 1. The van der Waals surface area contributed by atoms with Crippen LogP contribution in [0, 0.1) is 5.92 Å². The van der Waals surface area contributed by atoms with Crippen LogP contribution >= 0.6 is 11.8 Å². The Morgan fingerprint density at radius 2 is 2.11 bits per heavy atom. The Bertz CT molecular complexity index is 239. The Labute approximate surface area is 117 Å². The third-order valence-electron chi connectivity index (χ3n) is 4.69. The van der Waals surface area contributed by atoms with E-state index in [4.69, 9.17) is 0 Å². The van der Waals surface area contributed by atoms with Crippen LogP contribution in [0.15, 0.2) is 0 Å². The first-order valence-electron chi connectivity index (χ1n) is 7.76. The number of hydrogen-bond donors (Lipinski definition) is 1. The quantitative estimate of drug-likeness (QED) is 0.716. The number of nitrogens with one attached hydrogen (secondary N) is 1. The second-order valence-electron chi connectivity index (χ2n) is 6.19. The van der Waals surface area contributed by atoms with Crippen molar-refractivity contribution >= 4 is 11.8 Å². The highest BCUT2D eigenvalue weighted by Gasteiger charge is 2.36. The molecule has 0 spiro atoms. The first-order valence-corrected chi connectivity index (χ1v) is 8.99. The van der Waals surface area contributed by atoms with Crippen LogP contribution < -0.4 is 5.32 Å². The smallest absolute Gasteiger partial charge is 0.0284 e. The monoisotopic (exact) mass is 270 g/mol. The normalized spacial score (nSPS) is 28.0. The molecule has 0 aromatic carbocycles. The van der Waals surface area contributed by atoms with Crippen LogP contribution in [0.3, 0.4) is 0 Å². The molecule has 0 bridgehead atoms. The van der Waals surface area contributed by atoms with Crippen molar-refractivity contribution in [2.24, 2.45) is 5.92 Å². The van der Waals surface area contributed by atoms with E-state index in [9.17, 15) is 0 Å². The molecule has 1 aliphatic carbocycles. The van der Waals surface area contributed by atoms with Crippen LogP contribution in [0.25, 0.3) is 0 Å². The maximum Gasteiger partial charge on any atom is 0.0284 e. The Morgan fingerprint density at radius 1 is 1.33 bits per heavy atom. The Kier molecular flexibility index (Phi) is 5.84. The number of nitrogens with zero attached hydrogens (tertiary/aromatic N) is 1.